The molecule has 1 aromatic heterocycles. The second-order valence-electron chi connectivity index (χ2n) is 9.04. The highest BCUT2D eigenvalue weighted by molar-refractivity contribution is 7.89. The number of imidazole rings is 1. The number of sulfonamides is 1. The van der Waals surface area contributed by atoms with E-state index in [-0.39, 0.29) is 46.2 Å². The lowest BCUT2D eigenvalue weighted by Gasteiger charge is -2.36. The molecule has 1 aliphatic carbocycles. The fourth-order valence-corrected chi connectivity index (χ4v) is 6.30. The molecule has 11 nitrogen and oxygen atoms in total. The van der Waals surface area contributed by atoms with E-state index in [0.29, 0.717) is 18.9 Å². The van der Waals surface area contributed by atoms with Crippen molar-refractivity contribution >= 4 is 56.7 Å². The standard InChI is InChI=1S/C24H34Cl2N6O5S/c1-2-37-21(33)15-32(16-7-4-3-5-8-16)23(34)20(9-6-10-28-24-29-11-12-30-24)31-38(35,36)17-13-18(25)22(27)19(26)14-17/h11-14,16,20,31H,2-10,15,27H2,1H3,(H2,28,29,30)/t20-/m0/s1. The van der Waals surface area contributed by atoms with Crippen molar-refractivity contribution in [2.45, 2.75) is 68.8 Å². The number of carbonyl (C=O) groups excluding carboxylic acids is 2. The fraction of sp³-hybridized carbons (Fsp3) is 0.542. The molecule has 0 saturated heterocycles. The molecule has 0 radical (unpaired) electrons. The number of nitrogens with zero attached hydrogens (tertiary/aromatic N) is 2. The second-order valence-corrected chi connectivity index (χ2v) is 11.6. The summed E-state index contributed by atoms with van der Waals surface area (Å²) >= 11 is 12.1. The number of aromatic nitrogens is 2. The van der Waals surface area contributed by atoms with Gasteiger partial charge in [0.1, 0.15) is 12.6 Å². The monoisotopic (exact) mass is 588 g/mol. The highest BCUT2D eigenvalue weighted by Gasteiger charge is 2.35. The molecule has 3 rings (SSSR count). The van der Waals surface area contributed by atoms with E-state index < -0.39 is 27.9 Å². The Labute approximate surface area is 232 Å². The Hall–Kier alpha value is -2.54. The number of anilines is 2. The number of carbonyl (C=O) groups is 2. The van der Waals surface area contributed by atoms with Crippen LogP contribution in [0, 0.1) is 0 Å². The second kappa shape index (κ2) is 14.0. The first-order valence-corrected chi connectivity index (χ1v) is 14.8. The summed E-state index contributed by atoms with van der Waals surface area (Å²) in [6, 6.07) is 1.03. The van der Waals surface area contributed by atoms with Crippen molar-refractivity contribution in [2.75, 3.05) is 30.7 Å². The summed E-state index contributed by atoms with van der Waals surface area (Å²) < 4.78 is 34.3. The predicted octanol–water partition coefficient (Wildman–Crippen LogP) is 3.56. The first kappa shape index (κ1) is 30.0. The Balaban J connectivity index is 1.85. The molecule has 0 bridgehead atoms. The summed E-state index contributed by atoms with van der Waals surface area (Å²) in [4.78, 5) is 34.6. The number of nitrogens with one attached hydrogen (secondary N) is 3. The molecule has 1 aromatic carbocycles. The van der Waals surface area contributed by atoms with Gasteiger partial charge < -0.3 is 25.7 Å². The van der Waals surface area contributed by atoms with Gasteiger partial charge >= 0.3 is 5.97 Å². The van der Waals surface area contributed by atoms with Gasteiger partial charge in [0, 0.05) is 25.0 Å². The molecule has 5 N–H and O–H groups in total. The van der Waals surface area contributed by atoms with Crippen LogP contribution < -0.4 is 15.8 Å². The van der Waals surface area contributed by atoms with Gasteiger partial charge in [0.2, 0.25) is 15.9 Å². The zero-order valence-electron chi connectivity index (χ0n) is 21.2. The van der Waals surface area contributed by atoms with Crippen LogP contribution in [0.3, 0.4) is 0 Å². The molecule has 14 heteroatoms. The molecule has 210 valence electrons. The van der Waals surface area contributed by atoms with Gasteiger partial charge in [-0.3, -0.25) is 9.59 Å². The molecule has 0 unspecified atom stereocenters. The van der Waals surface area contributed by atoms with Gasteiger partial charge in [0.15, 0.2) is 5.95 Å². The minimum atomic E-state index is -4.23. The van der Waals surface area contributed by atoms with Crippen molar-refractivity contribution in [3.63, 3.8) is 0 Å². The molecule has 1 saturated carbocycles. The highest BCUT2D eigenvalue weighted by atomic mass is 35.5. The molecule has 1 fully saturated rings. The summed E-state index contributed by atoms with van der Waals surface area (Å²) in [6.07, 6.45) is 8.21. The molecule has 1 aliphatic rings. The van der Waals surface area contributed by atoms with Crippen molar-refractivity contribution in [1.82, 2.24) is 19.6 Å². The quantitative estimate of drug-likeness (QED) is 0.157. The van der Waals surface area contributed by atoms with Crippen LogP contribution in [0.4, 0.5) is 11.6 Å². The van der Waals surface area contributed by atoms with Crippen molar-refractivity contribution in [1.29, 1.82) is 0 Å². The van der Waals surface area contributed by atoms with Gasteiger partial charge in [-0.05, 0) is 44.7 Å². The van der Waals surface area contributed by atoms with Gasteiger partial charge in [0.05, 0.1) is 27.2 Å². The molecule has 1 amide bonds. The maximum Gasteiger partial charge on any atom is 0.325 e. The zero-order chi connectivity index (χ0) is 27.7. The van der Waals surface area contributed by atoms with E-state index in [1.165, 1.54) is 17.0 Å². The van der Waals surface area contributed by atoms with Crippen LogP contribution in [0.25, 0.3) is 0 Å². The summed E-state index contributed by atoms with van der Waals surface area (Å²) in [5.41, 5.74) is 5.82. The summed E-state index contributed by atoms with van der Waals surface area (Å²) in [5, 5.41) is 3.05. The van der Waals surface area contributed by atoms with Crippen molar-refractivity contribution in [2.24, 2.45) is 0 Å². The average molecular weight is 590 g/mol. The Morgan fingerprint density at radius 2 is 1.92 bits per heavy atom. The van der Waals surface area contributed by atoms with Crippen molar-refractivity contribution < 1.29 is 22.7 Å². The molecule has 1 heterocycles. The van der Waals surface area contributed by atoms with E-state index in [1.54, 1.807) is 19.3 Å². The average Bonchev–Trinajstić information content (AvgIpc) is 3.41. The fourth-order valence-electron chi connectivity index (χ4n) is 4.40. The van der Waals surface area contributed by atoms with Gasteiger partial charge in [-0.1, -0.05) is 42.5 Å². The van der Waals surface area contributed by atoms with Gasteiger partial charge in [-0.15, -0.1) is 0 Å². The van der Waals surface area contributed by atoms with Gasteiger partial charge in [0.25, 0.3) is 0 Å². The number of ether oxygens (including phenoxy) is 1. The van der Waals surface area contributed by atoms with E-state index in [4.69, 9.17) is 33.7 Å². The zero-order valence-corrected chi connectivity index (χ0v) is 23.5. The maximum absolute atomic E-state index is 13.9. The van der Waals surface area contributed by atoms with E-state index in [2.05, 4.69) is 20.0 Å². The number of rotatable bonds is 13. The SMILES string of the molecule is CCOC(=O)CN(C(=O)[C@H](CCCNc1ncc[nH]1)NS(=O)(=O)c1cc(Cl)c(N)c(Cl)c1)C1CCCCC1. The smallest absolute Gasteiger partial charge is 0.325 e. The van der Waals surface area contributed by atoms with Crippen LogP contribution in [-0.2, 0) is 24.3 Å². The molecular formula is C24H34Cl2N6O5S. The molecule has 1 atom stereocenters. The first-order chi connectivity index (χ1) is 18.1. The van der Waals surface area contributed by atoms with Crippen LogP contribution in [-0.4, -0.2) is 66.9 Å². The Bertz CT molecular complexity index is 1170. The number of esters is 1. The summed E-state index contributed by atoms with van der Waals surface area (Å²) in [5.74, 6) is -0.463. The topological polar surface area (TPSA) is 160 Å². The molecule has 2 aromatic rings. The number of hydrogen-bond donors (Lipinski definition) is 4. The van der Waals surface area contributed by atoms with Crippen LogP contribution in [0.5, 0.6) is 0 Å². The van der Waals surface area contributed by atoms with Crippen molar-refractivity contribution in [3.05, 3.63) is 34.6 Å². The van der Waals surface area contributed by atoms with E-state index in [9.17, 15) is 18.0 Å². The Morgan fingerprint density at radius 3 is 2.53 bits per heavy atom. The van der Waals surface area contributed by atoms with Gasteiger partial charge in [-0.25, -0.2) is 13.4 Å². The number of hydrogen-bond acceptors (Lipinski definition) is 8. The molecule has 38 heavy (non-hydrogen) atoms. The normalized spacial score (nSPS) is 15.1. The lowest BCUT2D eigenvalue weighted by molar-refractivity contribution is -0.151. The lowest BCUT2D eigenvalue weighted by Crippen LogP contribution is -2.54. The summed E-state index contributed by atoms with van der Waals surface area (Å²) in [6.45, 7) is 2.05. The third-order valence-corrected chi connectivity index (χ3v) is 8.40. The number of nitrogens with two attached hydrogens (primary N) is 1. The Kier molecular flexibility index (Phi) is 11.1. The number of nitrogen functional groups attached to an aromatic ring is 1. The third kappa shape index (κ3) is 8.23. The van der Waals surface area contributed by atoms with E-state index >= 15 is 0 Å². The van der Waals surface area contributed by atoms with Crippen LogP contribution in [0.1, 0.15) is 51.9 Å². The third-order valence-electron chi connectivity index (χ3n) is 6.32. The van der Waals surface area contributed by atoms with E-state index in [1.807, 2.05) is 0 Å². The molecule has 0 spiro atoms. The van der Waals surface area contributed by atoms with Crippen LogP contribution >= 0.6 is 23.2 Å². The minimum absolute atomic E-state index is 0.0189. The van der Waals surface area contributed by atoms with Crippen molar-refractivity contribution in [3.8, 4) is 0 Å². The number of benzene rings is 1. The van der Waals surface area contributed by atoms with Crippen LogP contribution in [0.15, 0.2) is 29.4 Å². The minimum Gasteiger partial charge on any atom is -0.465 e. The van der Waals surface area contributed by atoms with E-state index in [0.717, 1.165) is 32.1 Å². The van der Waals surface area contributed by atoms with Gasteiger partial charge in [-0.2, -0.15) is 4.72 Å². The summed E-state index contributed by atoms with van der Waals surface area (Å²) in [7, 11) is -4.23. The van der Waals surface area contributed by atoms with Crippen LogP contribution in [0.2, 0.25) is 10.0 Å². The molecular weight excluding hydrogens is 555 g/mol. The largest absolute Gasteiger partial charge is 0.465 e. The molecule has 0 aliphatic heterocycles. The first-order valence-electron chi connectivity index (χ1n) is 12.6. The number of halogens is 2. The lowest BCUT2D eigenvalue weighted by atomic mass is 9.93. The maximum atomic E-state index is 13.9. The predicted molar refractivity (Wildman–Crippen MR) is 147 cm³/mol. The number of aromatic amines is 1. The number of amides is 1. The Morgan fingerprint density at radius 1 is 1.24 bits per heavy atom. The highest BCUT2D eigenvalue weighted by Crippen LogP contribution is 2.31. The number of H-pyrrole nitrogens is 1.